The van der Waals surface area contributed by atoms with Crippen molar-refractivity contribution in [2.75, 3.05) is 41.7 Å². The molecule has 0 unspecified atom stereocenters. The Morgan fingerprint density at radius 3 is 2.56 bits per heavy atom. The second kappa shape index (κ2) is 4.77. The maximum Gasteiger partial charge on any atom is 0.205 e. The molecular weight excluding hydrogens is 248 g/mol. The number of piperazine rings is 1. The topological polar surface area (TPSA) is 71.2 Å². The number of nitrogens with two attached hydrogens (primary N) is 1. The lowest BCUT2D eigenvalue weighted by Crippen LogP contribution is -2.47. The van der Waals surface area contributed by atoms with Crippen LogP contribution in [0.15, 0.2) is 24.7 Å². The highest BCUT2D eigenvalue weighted by Crippen LogP contribution is 2.23. The molecule has 3 rings (SSSR count). The number of rotatable bonds is 2. The van der Waals surface area contributed by atoms with Crippen LogP contribution < -0.4 is 15.5 Å². The van der Waals surface area contributed by atoms with Crippen LogP contribution >= 0.6 is 11.5 Å². The first-order valence-electron chi connectivity index (χ1n) is 5.81. The molecule has 2 aromatic heterocycles. The second-order valence-electron chi connectivity index (χ2n) is 4.11. The number of pyridine rings is 1. The van der Waals surface area contributed by atoms with Crippen LogP contribution in [0, 0.1) is 0 Å². The van der Waals surface area contributed by atoms with Crippen LogP contribution in [0.4, 0.5) is 16.6 Å². The molecule has 0 atom stereocenters. The lowest BCUT2D eigenvalue weighted by atomic mass is 10.3. The van der Waals surface area contributed by atoms with Crippen molar-refractivity contribution in [1.29, 1.82) is 0 Å². The minimum Gasteiger partial charge on any atom is -0.396 e. The Morgan fingerprint density at radius 1 is 1.11 bits per heavy atom. The molecule has 2 aromatic rings. The summed E-state index contributed by atoms with van der Waals surface area (Å²) in [4.78, 5) is 13.0. The van der Waals surface area contributed by atoms with Crippen molar-refractivity contribution >= 4 is 28.2 Å². The lowest BCUT2D eigenvalue weighted by Gasteiger charge is -2.35. The fourth-order valence-electron chi connectivity index (χ4n) is 2.09. The summed E-state index contributed by atoms with van der Waals surface area (Å²) in [5.74, 6) is 0.884. The molecule has 0 amide bonds. The number of hydrogen-bond donors (Lipinski definition) is 1. The third-order valence-electron chi connectivity index (χ3n) is 3.02. The van der Waals surface area contributed by atoms with E-state index in [4.69, 9.17) is 5.73 Å². The average Bonchev–Trinajstić information content (AvgIpc) is 2.94. The van der Waals surface area contributed by atoms with E-state index < -0.39 is 0 Å². The minimum atomic E-state index is 0.738. The van der Waals surface area contributed by atoms with Gasteiger partial charge in [-0.15, -0.1) is 0 Å². The van der Waals surface area contributed by atoms with Gasteiger partial charge in [0.2, 0.25) is 5.13 Å². The van der Waals surface area contributed by atoms with E-state index in [1.807, 2.05) is 12.1 Å². The molecule has 0 radical (unpaired) electrons. The Balaban J connectivity index is 1.69. The molecule has 0 aromatic carbocycles. The maximum atomic E-state index is 5.94. The largest absolute Gasteiger partial charge is 0.396 e. The summed E-state index contributed by atoms with van der Waals surface area (Å²) in [5.41, 5.74) is 6.68. The van der Waals surface area contributed by atoms with Gasteiger partial charge in [0.05, 0.1) is 5.69 Å². The highest BCUT2D eigenvalue weighted by atomic mass is 32.1. The molecule has 3 heterocycles. The predicted molar refractivity (Wildman–Crippen MR) is 73.0 cm³/mol. The molecule has 6 nitrogen and oxygen atoms in total. The Bertz CT molecular complexity index is 506. The van der Waals surface area contributed by atoms with Gasteiger partial charge in [-0.05, 0) is 12.1 Å². The zero-order valence-electron chi connectivity index (χ0n) is 9.86. The third-order valence-corrected chi connectivity index (χ3v) is 3.74. The number of nitrogens with zero attached hydrogens (tertiary/aromatic N) is 5. The van der Waals surface area contributed by atoms with E-state index in [0.29, 0.717) is 0 Å². The van der Waals surface area contributed by atoms with Crippen LogP contribution in [0.2, 0.25) is 0 Å². The molecule has 0 saturated carbocycles. The molecular formula is C11H14N6S. The Hall–Kier alpha value is -1.89. The van der Waals surface area contributed by atoms with Crippen LogP contribution in [0.1, 0.15) is 0 Å². The van der Waals surface area contributed by atoms with Crippen molar-refractivity contribution in [3.63, 3.8) is 0 Å². The zero-order chi connectivity index (χ0) is 12.4. The van der Waals surface area contributed by atoms with Crippen LogP contribution in [0.5, 0.6) is 0 Å². The molecule has 1 aliphatic rings. The molecule has 0 bridgehead atoms. The minimum absolute atomic E-state index is 0.738. The van der Waals surface area contributed by atoms with E-state index in [0.717, 1.165) is 42.8 Å². The Kier molecular flexibility index (Phi) is 2.97. The van der Waals surface area contributed by atoms with Gasteiger partial charge in [0, 0.05) is 43.9 Å². The summed E-state index contributed by atoms with van der Waals surface area (Å²) in [6.45, 7) is 3.65. The van der Waals surface area contributed by atoms with E-state index in [-0.39, 0.29) is 0 Å². The number of aromatic nitrogens is 3. The molecule has 0 aliphatic carbocycles. The van der Waals surface area contributed by atoms with Gasteiger partial charge in [-0.3, -0.25) is 0 Å². The van der Waals surface area contributed by atoms with Gasteiger partial charge >= 0.3 is 0 Å². The summed E-state index contributed by atoms with van der Waals surface area (Å²) in [6.07, 6.45) is 3.38. The van der Waals surface area contributed by atoms with Crippen LogP contribution in [0.25, 0.3) is 0 Å². The second-order valence-corrected chi connectivity index (χ2v) is 4.87. The summed E-state index contributed by atoms with van der Waals surface area (Å²) in [7, 11) is 0. The Labute approximate surface area is 109 Å². The SMILES string of the molecule is Nc1cccnc1N1CCN(c2ncns2)CC1. The van der Waals surface area contributed by atoms with Gasteiger partial charge in [0.15, 0.2) is 5.82 Å². The van der Waals surface area contributed by atoms with Gasteiger partial charge in [-0.1, -0.05) is 0 Å². The van der Waals surface area contributed by atoms with E-state index in [1.165, 1.54) is 11.5 Å². The Morgan fingerprint density at radius 2 is 1.89 bits per heavy atom. The van der Waals surface area contributed by atoms with Crippen molar-refractivity contribution in [2.45, 2.75) is 0 Å². The first-order valence-corrected chi connectivity index (χ1v) is 6.59. The first kappa shape index (κ1) is 11.2. The highest BCUT2D eigenvalue weighted by Gasteiger charge is 2.20. The number of anilines is 3. The van der Waals surface area contributed by atoms with Crippen LogP contribution in [0.3, 0.4) is 0 Å². The summed E-state index contributed by atoms with van der Waals surface area (Å²) in [6, 6.07) is 3.75. The molecule has 1 fully saturated rings. The van der Waals surface area contributed by atoms with E-state index in [9.17, 15) is 0 Å². The first-order chi connectivity index (χ1) is 8.84. The van der Waals surface area contributed by atoms with Crippen molar-refractivity contribution in [3.05, 3.63) is 24.7 Å². The standard InChI is InChI=1S/C11H14N6S/c12-9-2-1-3-13-10(9)16-4-6-17(7-5-16)11-14-8-15-18-11/h1-3,8H,4-7,12H2. The van der Waals surface area contributed by atoms with Gasteiger partial charge in [-0.25, -0.2) is 9.97 Å². The van der Waals surface area contributed by atoms with Gasteiger partial charge in [0.25, 0.3) is 0 Å². The van der Waals surface area contributed by atoms with E-state index >= 15 is 0 Å². The lowest BCUT2D eigenvalue weighted by molar-refractivity contribution is 0.647. The molecule has 18 heavy (non-hydrogen) atoms. The van der Waals surface area contributed by atoms with Crippen molar-refractivity contribution in [2.24, 2.45) is 0 Å². The fraction of sp³-hybridized carbons (Fsp3) is 0.364. The van der Waals surface area contributed by atoms with Crippen molar-refractivity contribution in [1.82, 2.24) is 14.3 Å². The highest BCUT2D eigenvalue weighted by molar-refractivity contribution is 7.09. The van der Waals surface area contributed by atoms with Gasteiger partial charge in [0.1, 0.15) is 6.33 Å². The molecule has 94 valence electrons. The van der Waals surface area contributed by atoms with Crippen molar-refractivity contribution in [3.8, 4) is 0 Å². The summed E-state index contributed by atoms with van der Waals surface area (Å²) < 4.78 is 4.03. The van der Waals surface area contributed by atoms with E-state index in [2.05, 4.69) is 24.1 Å². The monoisotopic (exact) mass is 262 g/mol. The molecule has 7 heteroatoms. The average molecular weight is 262 g/mol. The molecule has 1 saturated heterocycles. The fourth-order valence-corrected chi connectivity index (χ4v) is 2.67. The summed E-state index contributed by atoms with van der Waals surface area (Å²) >= 11 is 1.44. The molecule has 2 N–H and O–H groups in total. The van der Waals surface area contributed by atoms with E-state index in [1.54, 1.807) is 12.5 Å². The van der Waals surface area contributed by atoms with Gasteiger partial charge in [-0.2, -0.15) is 4.37 Å². The maximum absolute atomic E-state index is 5.94. The van der Waals surface area contributed by atoms with Crippen LogP contribution in [-0.4, -0.2) is 40.5 Å². The molecule has 0 spiro atoms. The van der Waals surface area contributed by atoms with Crippen LogP contribution in [-0.2, 0) is 0 Å². The zero-order valence-corrected chi connectivity index (χ0v) is 10.7. The number of nitrogen functional groups attached to an aromatic ring is 1. The van der Waals surface area contributed by atoms with Crippen molar-refractivity contribution < 1.29 is 0 Å². The predicted octanol–water partition coefficient (Wildman–Crippen LogP) is 0.842. The quantitative estimate of drug-likeness (QED) is 0.865. The molecule has 1 aliphatic heterocycles. The normalized spacial score (nSPS) is 16.0. The smallest absolute Gasteiger partial charge is 0.205 e. The number of hydrogen-bond acceptors (Lipinski definition) is 7. The summed E-state index contributed by atoms with van der Waals surface area (Å²) in [5, 5.41) is 0.989. The van der Waals surface area contributed by atoms with Gasteiger partial charge < -0.3 is 15.5 Å². The third kappa shape index (κ3) is 2.08.